The van der Waals surface area contributed by atoms with Crippen LogP contribution in [0.1, 0.15) is 198 Å². The first-order chi connectivity index (χ1) is 44.9. The quantitative estimate of drug-likeness (QED) is 0.0308. The van der Waals surface area contributed by atoms with Gasteiger partial charge in [-0.2, -0.15) is 13.2 Å². The average Bonchev–Trinajstić information content (AvgIpc) is 0.822. The van der Waals surface area contributed by atoms with Crippen molar-refractivity contribution in [3.63, 3.8) is 0 Å². The highest BCUT2D eigenvalue weighted by atomic mass is 19.4. The van der Waals surface area contributed by atoms with Crippen LogP contribution in [0.25, 0.3) is 33.0 Å². The van der Waals surface area contributed by atoms with Gasteiger partial charge in [0.05, 0.1) is 30.9 Å². The second-order valence-electron chi connectivity index (χ2n) is 25.1. The Morgan fingerprint density at radius 1 is 0.467 bits per heavy atom. The number of benzene rings is 4. The average molecular weight is 1290 g/mol. The molecule has 0 saturated carbocycles. The summed E-state index contributed by atoms with van der Waals surface area (Å²) in [4.78, 5) is 17.5. The molecule has 516 valence electrons. The fraction of sp³-hybridized carbons (Fsp3) is 0.693. The Morgan fingerprint density at radius 3 is 1.39 bits per heavy atom. The minimum absolute atomic E-state index is 0.215. The van der Waals surface area contributed by atoms with Gasteiger partial charge in [0.15, 0.2) is 6.29 Å². The van der Waals surface area contributed by atoms with Gasteiger partial charge >= 0.3 is 12.1 Å². The zero-order valence-corrected chi connectivity index (χ0v) is 56.9. The fourth-order valence-electron chi connectivity index (χ4n) is 12.1. The number of ether oxygens (including phenoxy) is 12. The second-order valence-corrected chi connectivity index (χ2v) is 25.1. The standard InChI is InChI=1S/C75H112F3NO13/c1-9-17-40-81-52-64-66(83-42-19-11-3)68(85-44-21-13-5)70(87-46-23-15-7)73(90-64)89-48-39-79-37-35-56(36-38-79)54-25-27-57(28-26-54)63-51-60(50-59-49-58(31-34-62(59)63)55-29-32-61(33-30-55)75(76,77)78)72(80)92-74-71(88-47-24-16-8)69(86-45-22-14-6)67(84-43-20-12-4)65(91-74)53-82-41-18-10-2/h25-34,49-51,56,64-71,73-74H,9-24,35-48,52-53H2,1-8H3. The van der Waals surface area contributed by atoms with E-state index in [0.29, 0.717) is 88.5 Å². The minimum Gasteiger partial charge on any atom is -0.429 e. The van der Waals surface area contributed by atoms with Crippen molar-refractivity contribution in [1.82, 2.24) is 4.90 Å². The van der Waals surface area contributed by atoms with E-state index in [0.717, 1.165) is 164 Å². The zero-order chi connectivity index (χ0) is 65.5. The molecule has 0 aromatic heterocycles. The molecule has 3 heterocycles. The van der Waals surface area contributed by atoms with Gasteiger partial charge in [0.1, 0.15) is 48.8 Å². The van der Waals surface area contributed by atoms with E-state index in [9.17, 15) is 13.2 Å². The Balaban J connectivity index is 1.11. The molecule has 3 fully saturated rings. The smallest absolute Gasteiger partial charge is 0.416 e. The highest BCUT2D eigenvalue weighted by molar-refractivity contribution is 6.04. The number of carbonyl (C=O) groups is 1. The lowest BCUT2D eigenvalue weighted by Crippen LogP contribution is -2.62. The molecule has 0 spiro atoms. The van der Waals surface area contributed by atoms with E-state index in [-0.39, 0.29) is 30.5 Å². The Labute approximate surface area is 548 Å². The van der Waals surface area contributed by atoms with Gasteiger partial charge < -0.3 is 61.7 Å². The van der Waals surface area contributed by atoms with Crippen molar-refractivity contribution in [3.05, 3.63) is 95.6 Å². The number of unbranched alkanes of at least 4 members (excludes halogenated alkanes) is 8. The third kappa shape index (κ3) is 22.8. The molecule has 3 saturated heterocycles. The lowest BCUT2D eigenvalue weighted by atomic mass is 9.87. The molecule has 0 aliphatic carbocycles. The predicted molar refractivity (Wildman–Crippen MR) is 356 cm³/mol. The summed E-state index contributed by atoms with van der Waals surface area (Å²) in [5.74, 6) is -0.290. The second kappa shape index (κ2) is 41.1. The summed E-state index contributed by atoms with van der Waals surface area (Å²) in [5, 5.41) is 1.58. The van der Waals surface area contributed by atoms with Crippen LogP contribution in [-0.2, 0) is 63.0 Å². The van der Waals surface area contributed by atoms with Gasteiger partial charge in [-0.1, -0.05) is 155 Å². The number of esters is 1. The number of piperidine rings is 1. The molecule has 10 atom stereocenters. The highest BCUT2D eigenvalue weighted by Gasteiger charge is 2.51. The number of hydrogen-bond acceptors (Lipinski definition) is 14. The summed E-state index contributed by atoms with van der Waals surface area (Å²) in [7, 11) is 0. The molecule has 7 rings (SSSR count). The van der Waals surface area contributed by atoms with Crippen LogP contribution in [-0.4, -0.2) is 165 Å². The van der Waals surface area contributed by atoms with Gasteiger partial charge in [-0.25, -0.2) is 4.79 Å². The molecule has 3 aliphatic heterocycles. The van der Waals surface area contributed by atoms with E-state index in [1.807, 2.05) is 24.3 Å². The van der Waals surface area contributed by atoms with Gasteiger partial charge in [-0.3, -0.25) is 0 Å². The van der Waals surface area contributed by atoms with Crippen LogP contribution in [0.15, 0.2) is 78.9 Å². The maximum Gasteiger partial charge on any atom is 0.416 e. The molecule has 17 heteroatoms. The van der Waals surface area contributed by atoms with E-state index in [4.69, 9.17) is 56.8 Å². The van der Waals surface area contributed by atoms with Crippen molar-refractivity contribution in [2.45, 2.75) is 244 Å². The number of carbonyl (C=O) groups excluding carboxylic acids is 1. The van der Waals surface area contributed by atoms with E-state index in [1.54, 1.807) is 6.07 Å². The summed E-state index contributed by atoms with van der Waals surface area (Å²) < 4.78 is 120. The van der Waals surface area contributed by atoms with Gasteiger partial charge in [0.2, 0.25) is 6.29 Å². The number of alkyl halides is 3. The number of rotatable bonds is 43. The SMILES string of the molecule is CCCCOCC1OC(OCCN2CCC(c3ccc(-c4cc(C(=O)OC5OC(COCCCC)C(OCCCC)C(OCCCC)C5OCCCC)cc5cc(-c6ccc(C(F)(F)F)cc6)ccc45)cc3)CC2)C(OCCCC)C(OCCCC)C1OCCCC. The Bertz CT molecular complexity index is 2650. The summed E-state index contributed by atoms with van der Waals surface area (Å²) in [5.41, 5.74) is 3.79. The number of likely N-dealkylation sites (tertiary alicyclic amines) is 1. The van der Waals surface area contributed by atoms with Crippen LogP contribution in [0.4, 0.5) is 13.2 Å². The van der Waals surface area contributed by atoms with E-state index >= 15 is 4.79 Å². The maximum absolute atomic E-state index is 15.0. The first kappa shape index (κ1) is 75.3. The molecular formula is C75H112F3NO13. The first-order valence-electron chi connectivity index (χ1n) is 35.5. The van der Waals surface area contributed by atoms with Crippen LogP contribution >= 0.6 is 0 Å². The first-order valence-corrected chi connectivity index (χ1v) is 35.5. The molecular weight excluding hydrogens is 1180 g/mol. The van der Waals surface area contributed by atoms with Gasteiger partial charge in [-0.15, -0.1) is 0 Å². The van der Waals surface area contributed by atoms with Crippen LogP contribution < -0.4 is 0 Å². The Kier molecular flexibility index (Phi) is 33.7. The van der Waals surface area contributed by atoms with Crippen molar-refractivity contribution in [1.29, 1.82) is 0 Å². The van der Waals surface area contributed by atoms with Gasteiger partial charge in [-0.05, 0) is 152 Å². The molecule has 0 bridgehead atoms. The summed E-state index contributed by atoms with van der Waals surface area (Å²) >= 11 is 0. The topological polar surface area (TPSA) is 131 Å². The third-order valence-corrected chi connectivity index (χ3v) is 17.8. The number of nitrogens with zero attached hydrogens (tertiary/aromatic N) is 1. The zero-order valence-electron chi connectivity index (χ0n) is 56.9. The molecule has 3 aliphatic rings. The molecule has 4 aromatic carbocycles. The molecule has 0 amide bonds. The Morgan fingerprint density at radius 2 is 0.902 bits per heavy atom. The lowest BCUT2D eigenvalue weighted by Gasteiger charge is -2.46. The van der Waals surface area contributed by atoms with Crippen molar-refractivity contribution in [2.24, 2.45) is 0 Å². The number of fused-ring (bicyclic) bond motifs is 1. The van der Waals surface area contributed by atoms with Crippen LogP contribution in [0.5, 0.6) is 0 Å². The van der Waals surface area contributed by atoms with E-state index in [1.165, 1.54) is 17.7 Å². The summed E-state index contributed by atoms with van der Waals surface area (Å²) in [6, 6.07) is 23.2. The molecule has 14 nitrogen and oxygen atoms in total. The molecule has 10 unspecified atom stereocenters. The third-order valence-electron chi connectivity index (χ3n) is 17.8. The van der Waals surface area contributed by atoms with Crippen LogP contribution in [0.3, 0.4) is 0 Å². The predicted octanol–water partition coefficient (Wildman–Crippen LogP) is 16.7. The summed E-state index contributed by atoms with van der Waals surface area (Å²) in [6.45, 7) is 25.1. The minimum atomic E-state index is -4.47. The molecule has 92 heavy (non-hydrogen) atoms. The Hall–Kier alpha value is -4.08. The molecule has 0 N–H and O–H groups in total. The van der Waals surface area contributed by atoms with Crippen LogP contribution in [0, 0.1) is 0 Å². The monoisotopic (exact) mass is 1290 g/mol. The molecule has 0 radical (unpaired) electrons. The fourth-order valence-corrected chi connectivity index (χ4v) is 12.1. The maximum atomic E-state index is 15.0. The van der Waals surface area contributed by atoms with Crippen molar-refractivity contribution >= 4 is 16.7 Å². The van der Waals surface area contributed by atoms with Gasteiger partial charge in [0.25, 0.3) is 0 Å². The van der Waals surface area contributed by atoms with E-state index in [2.05, 4.69) is 84.6 Å². The van der Waals surface area contributed by atoms with Crippen molar-refractivity contribution < 1.29 is 74.8 Å². The largest absolute Gasteiger partial charge is 0.429 e. The normalized spacial score (nSPS) is 23.4. The van der Waals surface area contributed by atoms with Crippen molar-refractivity contribution in [3.8, 4) is 22.3 Å². The van der Waals surface area contributed by atoms with E-state index < -0.39 is 60.8 Å². The number of halogens is 3. The summed E-state index contributed by atoms with van der Waals surface area (Å²) in [6.07, 6.45) is 6.48. The molecule has 4 aromatic rings. The van der Waals surface area contributed by atoms with Gasteiger partial charge in [0, 0.05) is 59.4 Å². The number of hydrogen-bond donors (Lipinski definition) is 0. The van der Waals surface area contributed by atoms with Crippen molar-refractivity contribution in [2.75, 3.05) is 92.3 Å². The lowest BCUT2D eigenvalue weighted by molar-refractivity contribution is -0.324. The highest BCUT2D eigenvalue weighted by Crippen LogP contribution is 2.39. The van der Waals surface area contributed by atoms with Crippen LogP contribution in [0.2, 0.25) is 0 Å².